The van der Waals surface area contributed by atoms with Crippen LogP contribution in [0.3, 0.4) is 0 Å². The van der Waals surface area contributed by atoms with Gasteiger partial charge in [-0.1, -0.05) is 13.3 Å². The second-order valence-corrected chi connectivity index (χ2v) is 6.69. The third-order valence-corrected chi connectivity index (χ3v) is 5.32. The van der Waals surface area contributed by atoms with E-state index in [4.69, 9.17) is 4.74 Å². The van der Waals surface area contributed by atoms with Gasteiger partial charge in [-0.05, 0) is 32.2 Å². The molecule has 1 aliphatic heterocycles. The molecule has 0 radical (unpaired) electrons. The fourth-order valence-electron chi connectivity index (χ4n) is 3.91. The summed E-state index contributed by atoms with van der Waals surface area (Å²) in [6, 6.07) is 0.692. The summed E-state index contributed by atoms with van der Waals surface area (Å²) in [4.78, 5) is 17.0. The molecular weight excluding hydrogens is 268 g/mol. The van der Waals surface area contributed by atoms with E-state index in [1.807, 2.05) is 4.90 Å². The highest BCUT2D eigenvalue weighted by atomic mass is 16.5. The van der Waals surface area contributed by atoms with Crippen LogP contribution in [0.1, 0.15) is 39.0 Å². The molecule has 0 aromatic rings. The molecule has 2 saturated carbocycles. The number of amides is 1. The number of aliphatic hydroxyl groups excluding tert-OH is 1. The maximum absolute atomic E-state index is 12.7. The number of aliphatic hydroxyl groups is 1. The van der Waals surface area contributed by atoms with E-state index in [0.717, 1.165) is 25.8 Å². The molecule has 1 amide bonds. The molecule has 0 aromatic carbocycles. The Morgan fingerprint density at radius 1 is 1.33 bits per heavy atom. The summed E-state index contributed by atoms with van der Waals surface area (Å²) in [6.07, 6.45) is 5.14. The van der Waals surface area contributed by atoms with Gasteiger partial charge in [-0.25, -0.2) is 0 Å². The van der Waals surface area contributed by atoms with Crippen LogP contribution >= 0.6 is 0 Å². The molecule has 0 spiro atoms. The second kappa shape index (κ2) is 6.63. The van der Waals surface area contributed by atoms with Crippen LogP contribution in [0.15, 0.2) is 0 Å². The van der Waals surface area contributed by atoms with Crippen molar-refractivity contribution in [1.82, 2.24) is 9.80 Å². The molecule has 3 rings (SSSR count). The van der Waals surface area contributed by atoms with Gasteiger partial charge in [0.15, 0.2) is 0 Å². The first-order chi connectivity index (χ1) is 10.2. The lowest BCUT2D eigenvalue weighted by atomic mass is 9.94. The molecule has 0 unspecified atom stereocenters. The van der Waals surface area contributed by atoms with Crippen molar-refractivity contribution in [1.29, 1.82) is 0 Å². The number of hydrogen-bond acceptors (Lipinski definition) is 4. The van der Waals surface area contributed by atoms with Crippen molar-refractivity contribution in [2.24, 2.45) is 5.92 Å². The fourth-order valence-corrected chi connectivity index (χ4v) is 3.91. The largest absolute Gasteiger partial charge is 0.393 e. The van der Waals surface area contributed by atoms with Crippen LogP contribution in [0.4, 0.5) is 0 Å². The highest BCUT2D eigenvalue weighted by molar-refractivity contribution is 5.79. The Labute approximate surface area is 127 Å². The number of morpholine rings is 1. The lowest BCUT2D eigenvalue weighted by Crippen LogP contribution is -2.55. The van der Waals surface area contributed by atoms with Crippen LogP contribution in [0.5, 0.6) is 0 Å². The van der Waals surface area contributed by atoms with Gasteiger partial charge >= 0.3 is 0 Å². The Hall–Kier alpha value is -0.650. The van der Waals surface area contributed by atoms with Gasteiger partial charge in [0.1, 0.15) is 0 Å². The average molecular weight is 296 g/mol. The SMILES string of the molecule is CCN(CC(=O)N1CCOC[C@@H]1[C@H]1CCC[C@H]1O)C1CC1. The molecule has 1 heterocycles. The van der Waals surface area contributed by atoms with Gasteiger partial charge in [0.2, 0.25) is 5.91 Å². The average Bonchev–Trinajstić information content (AvgIpc) is 3.26. The van der Waals surface area contributed by atoms with Crippen LogP contribution in [-0.4, -0.2) is 71.8 Å². The number of hydrogen-bond donors (Lipinski definition) is 1. The molecule has 0 bridgehead atoms. The van der Waals surface area contributed by atoms with E-state index in [9.17, 15) is 9.90 Å². The Kier molecular flexibility index (Phi) is 4.82. The van der Waals surface area contributed by atoms with Crippen LogP contribution < -0.4 is 0 Å². The molecule has 120 valence electrons. The number of rotatable bonds is 5. The molecule has 21 heavy (non-hydrogen) atoms. The zero-order valence-electron chi connectivity index (χ0n) is 13.0. The first kappa shape index (κ1) is 15.3. The molecule has 3 aliphatic rings. The lowest BCUT2D eigenvalue weighted by molar-refractivity contribution is -0.145. The highest BCUT2D eigenvalue weighted by Crippen LogP contribution is 2.32. The number of carbonyl (C=O) groups is 1. The van der Waals surface area contributed by atoms with E-state index in [-0.39, 0.29) is 24.0 Å². The molecule has 3 atom stereocenters. The van der Waals surface area contributed by atoms with Gasteiger partial charge in [-0.3, -0.25) is 9.69 Å². The molecule has 5 heteroatoms. The van der Waals surface area contributed by atoms with E-state index < -0.39 is 0 Å². The van der Waals surface area contributed by atoms with Crippen LogP contribution in [0.25, 0.3) is 0 Å². The zero-order valence-corrected chi connectivity index (χ0v) is 13.0. The summed E-state index contributed by atoms with van der Waals surface area (Å²) >= 11 is 0. The van der Waals surface area contributed by atoms with Gasteiger partial charge in [-0.15, -0.1) is 0 Å². The van der Waals surface area contributed by atoms with Crippen molar-refractivity contribution >= 4 is 5.91 Å². The highest BCUT2D eigenvalue weighted by Gasteiger charge is 2.40. The van der Waals surface area contributed by atoms with Gasteiger partial charge in [0, 0.05) is 18.5 Å². The van der Waals surface area contributed by atoms with Crippen molar-refractivity contribution in [3.63, 3.8) is 0 Å². The van der Waals surface area contributed by atoms with Crippen LogP contribution in [-0.2, 0) is 9.53 Å². The molecule has 5 nitrogen and oxygen atoms in total. The zero-order chi connectivity index (χ0) is 14.8. The Bertz CT molecular complexity index is 373. The summed E-state index contributed by atoms with van der Waals surface area (Å²) in [7, 11) is 0. The first-order valence-electron chi connectivity index (χ1n) is 8.50. The maximum Gasteiger partial charge on any atom is 0.237 e. The molecule has 3 fully saturated rings. The molecule has 1 N–H and O–H groups in total. The fraction of sp³-hybridized carbons (Fsp3) is 0.938. The first-order valence-corrected chi connectivity index (χ1v) is 8.50. The summed E-state index contributed by atoms with van der Waals surface area (Å²) in [5.74, 6) is 0.418. The minimum atomic E-state index is -0.266. The number of carbonyl (C=O) groups excluding carboxylic acids is 1. The standard InChI is InChI=1S/C16H28N2O3/c1-2-17(12-6-7-12)10-16(20)18-8-9-21-11-14(18)13-4-3-5-15(13)19/h12-15,19H,2-11H2,1H3/t13-,14-,15-/m1/s1. The van der Waals surface area contributed by atoms with E-state index >= 15 is 0 Å². The van der Waals surface area contributed by atoms with Gasteiger partial charge < -0.3 is 14.7 Å². The Morgan fingerprint density at radius 2 is 2.14 bits per heavy atom. The molecule has 2 aliphatic carbocycles. The van der Waals surface area contributed by atoms with Gasteiger partial charge in [0.25, 0.3) is 0 Å². The Balaban J connectivity index is 1.63. The smallest absolute Gasteiger partial charge is 0.237 e. The van der Waals surface area contributed by atoms with Crippen LogP contribution in [0, 0.1) is 5.92 Å². The number of likely N-dealkylation sites (N-methyl/N-ethyl adjacent to an activating group) is 1. The monoisotopic (exact) mass is 296 g/mol. The quantitative estimate of drug-likeness (QED) is 0.817. The van der Waals surface area contributed by atoms with E-state index in [1.54, 1.807) is 0 Å². The van der Waals surface area contributed by atoms with Crippen molar-refractivity contribution in [2.75, 3.05) is 32.8 Å². The van der Waals surface area contributed by atoms with Crippen molar-refractivity contribution in [3.8, 4) is 0 Å². The van der Waals surface area contributed by atoms with Crippen molar-refractivity contribution in [2.45, 2.75) is 57.2 Å². The van der Waals surface area contributed by atoms with Crippen molar-refractivity contribution < 1.29 is 14.6 Å². The number of nitrogens with zero attached hydrogens (tertiary/aromatic N) is 2. The minimum absolute atomic E-state index is 0.0710. The topological polar surface area (TPSA) is 53.0 Å². The van der Waals surface area contributed by atoms with Crippen molar-refractivity contribution in [3.05, 3.63) is 0 Å². The minimum Gasteiger partial charge on any atom is -0.393 e. The summed E-state index contributed by atoms with van der Waals surface area (Å²) in [6.45, 7) is 5.49. The van der Waals surface area contributed by atoms with E-state index in [1.165, 1.54) is 12.8 Å². The second-order valence-electron chi connectivity index (χ2n) is 6.69. The third-order valence-electron chi connectivity index (χ3n) is 5.32. The normalized spacial score (nSPS) is 33.7. The third kappa shape index (κ3) is 3.41. The predicted octanol–water partition coefficient (Wildman–Crippen LogP) is 0.859. The number of ether oxygens (including phenoxy) is 1. The summed E-state index contributed by atoms with van der Waals surface area (Å²) in [5, 5.41) is 10.2. The predicted molar refractivity (Wildman–Crippen MR) is 79.9 cm³/mol. The summed E-state index contributed by atoms with van der Waals surface area (Å²) < 4.78 is 5.60. The Morgan fingerprint density at radius 3 is 2.76 bits per heavy atom. The van der Waals surface area contributed by atoms with E-state index in [0.29, 0.717) is 32.3 Å². The summed E-state index contributed by atoms with van der Waals surface area (Å²) in [5.41, 5.74) is 0. The molecular formula is C16H28N2O3. The van der Waals surface area contributed by atoms with E-state index in [2.05, 4.69) is 11.8 Å². The lowest BCUT2D eigenvalue weighted by Gasteiger charge is -2.41. The molecule has 1 saturated heterocycles. The van der Waals surface area contributed by atoms with Gasteiger partial charge in [-0.2, -0.15) is 0 Å². The van der Waals surface area contributed by atoms with Crippen LogP contribution in [0.2, 0.25) is 0 Å². The maximum atomic E-state index is 12.7. The molecule has 0 aromatic heterocycles. The van der Waals surface area contributed by atoms with Gasteiger partial charge in [0.05, 0.1) is 31.9 Å².